The molecule has 0 aliphatic carbocycles. The van der Waals surface area contributed by atoms with Gasteiger partial charge in [0, 0.05) is 5.75 Å². The van der Waals surface area contributed by atoms with Crippen molar-refractivity contribution in [1.29, 1.82) is 0 Å². The number of hydrogen-bond donors (Lipinski definition) is 3. The Bertz CT molecular complexity index is 466. The molecule has 19 heavy (non-hydrogen) atoms. The lowest BCUT2D eigenvalue weighted by Crippen LogP contribution is -2.50. The summed E-state index contributed by atoms with van der Waals surface area (Å²) in [5.41, 5.74) is 0. The van der Waals surface area contributed by atoms with Gasteiger partial charge < -0.3 is 10.4 Å². The molecule has 1 aromatic heterocycles. The zero-order chi connectivity index (χ0) is 14.0. The summed E-state index contributed by atoms with van der Waals surface area (Å²) in [6.07, 6.45) is 1.35. The monoisotopic (exact) mass is 285 g/mol. The van der Waals surface area contributed by atoms with Crippen LogP contribution >= 0.6 is 11.8 Å². The first kappa shape index (κ1) is 13.7. The standard InChI is InChI=1S/C10H15N5O3S/c1-5(8-11-4-12-14-8)13-10(18)15-6(2)19-3-7(15)9(16)17/h4-7H,3H2,1-2H3,(H,13,18)(H,16,17)(H,11,12,14). The normalized spacial score (nSPS) is 24.2. The number of carboxylic acid groups (broad SMARTS) is 1. The number of hydrogen-bond acceptors (Lipinski definition) is 5. The van der Waals surface area contributed by atoms with Crippen LogP contribution in [-0.4, -0.2) is 54.4 Å². The number of rotatable bonds is 3. The van der Waals surface area contributed by atoms with Gasteiger partial charge in [-0.05, 0) is 13.8 Å². The molecule has 0 radical (unpaired) electrons. The number of amides is 2. The molecule has 3 atom stereocenters. The number of nitrogens with one attached hydrogen (secondary N) is 2. The molecule has 9 heteroatoms. The zero-order valence-electron chi connectivity index (χ0n) is 10.5. The van der Waals surface area contributed by atoms with Gasteiger partial charge in [0.25, 0.3) is 0 Å². The summed E-state index contributed by atoms with van der Waals surface area (Å²) >= 11 is 1.44. The molecule has 104 valence electrons. The lowest BCUT2D eigenvalue weighted by molar-refractivity contribution is -0.141. The van der Waals surface area contributed by atoms with Gasteiger partial charge in [-0.15, -0.1) is 11.8 Å². The second-order valence-electron chi connectivity index (χ2n) is 4.24. The molecule has 0 saturated carbocycles. The number of nitrogens with zero attached hydrogens (tertiary/aromatic N) is 3. The van der Waals surface area contributed by atoms with Gasteiger partial charge in [-0.2, -0.15) is 5.10 Å². The van der Waals surface area contributed by atoms with E-state index >= 15 is 0 Å². The molecule has 1 aliphatic heterocycles. The highest BCUT2D eigenvalue weighted by Crippen LogP contribution is 2.29. The maximum atomic E-state index is 12.2. The number of carbonyl (C=O) groups is 2. The highest BCUT2D eigenvalue weighted by atomic mass is 32.2. The molecule has 3 N–H and O–H groups in total. The third kappa shape index (κ3) is 2.80. The highest BCUT2D eigenvalue weighted by molar-refractivity contribution is 8.00. The number of H-pyrrole nitrogens is 1. The quantitative estimate of drug-likeness (QED) is 0.742. The van der Waals surface area contributed by atoms with Crippen LogP contribution in [-0.2, 0) is 4.79 Å². The molecular formula is C10H15N5O3S. The molecule has 2 amide bonds. The maximum absolute atomic E-state index is 12.2. The van der Waals surface area contributed by atoms with E-state index in [-0.39, 0.29) is 11.4 Å². The Kier molecular flexibility index (Phi) is 3.93. The molecule has 0 aromatic carbocycles. The average Bonchev–Trinajstić information content (AvgIpc) is 2.96. The topological polar surface area (TPSA) is 111 Å². The maximum Gasteiger partial charge on any atom is 0.327 e. The molecule has 2 rings (SSSR count). The number of aliphatic carboxylic acids is 1. The van der Waals surface area contributed by atoms with E-state index in [0.29, 0.717) is 11.6 Å². The Hall–Kier alpha value is -1.77. The first-order valence-electron chi connectivity index (χ1n) is 5.79. The summed E-state index contributed by atoms with van der Waals surface area (Å²) < 4.78 is 0. The van der Waals surface area contributed by atoms with Gasteiger partial charge >= 0.3 is 12.0 Å². The SMILES string of the molecule is CC(NC(=O)N1C(C)SCC1C(=O)O)c1ncn[nH]1. The van der Waals surface area contributed by atoms with Crippen molar-refractivity contribution in [3.8, 4) is 0 Å². The molecule has 1 aliphatic rings. The van der Waals surface area contributed by atoms with E-state index in [9.17, 15) is 9.59 Å². The minimum Gasteiger partial charge on any atom is -0.480 e. The summed E-state index contributed by atoms with van der Waals surface area (Å²) in [6, 6.07) is -1.56. The van der Waals surface area contributed by atoms with Crippen molar-refractivity contribution in [2.24, 2.45) is 0 Å². The minimum atomic E-state index is -0.987. The third-order valence-corrected chi connectivity index (χ3v) is 4.14. The second kappa shape index (κ2) is 5.47. The van der Waals surface area contributed by atoms with Crippen molar-refractivity contribution in [3.63, 3.8) is 0 Å². The summed E-state index contributed by atoms with van der Waals surface area (Å²) in [4.78, 5) is 28.6. The molecule has 8 nitrogen and oxygen atoms in total. The predicted molar refractivity (Wildman–Crippen MR) is 68.5 cm³/mol. The van der Waals surface area contributed by atoms with Crippen LogP contribution in [0.5, 0.6) is 0 Å². The largest absolute Gasteiger partial charge is 0.480 e. The molecule has 3 unspecified atom stereocenters. The predicted octanol–water partition coefficient (Wildman–Crippen LogP) is 0.423. The minimum absolute atomic E-state index is 0.164. The first-order valence-corrected chi connectivity index (χ1v) is 6.84. The van der Waals surface area contributed by atoms with E-state index < -0.39 is 18.0 Å². The van der Waals surface area contributed by atoms with Crippen molar-refractivity contribution in [2.45, 2.75) is 31.3 Å². The molecular weight excluding hydrogens is 270 g/mol. The summed E-state index contributed by atoms with van der Waals surface area (Å²) in [5.74, 6) is -0.0558. The Morgan fingerprint density at radius 3 is 3.00 bits per heavy atom. The van der Waals surface area contributed by atoms with Crippen LogP contribution in [0.25, 0.3) is 0 Å². The number of thioether (sulfide) groups is 1. The summed E-state index contributed by atoms with van der Waals surface area (Å²) in [5, 5.41) is 18.0. The fraction of sp³-hybridized carbons (Fsp3) is 0.600. The number of carboxylic acids is 1. The Balaban J connectivity index is 2.04. The Morgan fingerprint density at radius 2 is 2.42 bits per heavy atom. The van der Waals surface area contributed by atoms with Crippen LogP contribution in [0.15, 0.2) is 6.33 Å². The highest BCUT2D eigenvalue weighted by Gasteiger charge is 2.39. The van der Waals surface area contributed by atoms with Crippen LogP contribution in [0.2, 0.25) is 0 Å². The lowest BCUT2D eigenvalue weighted by Gasteiger charge is -2.26. The van der Waals surface area contributed by atoms with E-state index in [0.717, 1.165) is 0 Å². The van der Waals surface area contributed by atoms with Crippen LogP contribution in [0.4, 0.5) is 4.79 Å². The van der Waals surface area contributed by atoms with Crippen molar-refractivity contribution < 1.29 is 14.7 Å². The molecule has 0 bridgehead atoms. The first-order chi connectivity index (χ1) is 9.00. The van der Waals surface area contributed by atoms with Gasteiger partial charge in [0.15, 0.2) is 0 Å². The van der Waals surface area contributed by atoms with Crippen molar-refractivity contribution in [2.75, 3.05) is 5.75 Å². The van der Waals surface area contributed by atoms with Gasteiger partial charge in [0.05, 0.1) is 11.4 Å². The van der Waals surface area contributed by atoms with Crippen molar-refractivity contribution >= 4 is 23.8 Å². The average molecular weight is 285 g/mol. The smallest absolute Gasteiger partial charge is 0.327 e. The Morgan fingerprint density at radius 1 is 1.68 bits per heavy atom. The van der Waals surface area contributed by atoms with Crippen LogP contribution in [0, 0.1) is 0 Å². The van der Waals surface area contributed by atoms with Gasteiger partial charge in [0.2, 0.25) is 0 Å². The molecule has 1 aromatic rings. The van der Waals surface area contributed by atoms with Gasteiger partial charge in [-0.25, -0.2) is 14.6 Å². The van der Waals surface area contributed by atoms with Gasteiger partial charge in [-0.3, -0.25) is 10.00 Å². The number of aromatic amines is 1. The van der Waals surface area contributed by atoms with Gasteiger partial charge in [-0.1, -0.05) is 0 Å². The number of carbonyl (C=O) groups excluding carboxylic acids is 1. The van der Waals surface area contributed by atoms with E-state index in [1.807, 2.05) is 6.92 Å². The summed E-state index contributed by atoms with van der Waals surface area (Å²) in [7, 11) is 0. The molecule has 0 spiro atoms. The molecule has 2 heterocycles. The molecule has 1 fully saturated rings. The lowest BCUT2D eigenvalue weighted by atomic mass is 10.3. The van der Waals surface area contributed by atoms with Crippen LogP contribution in [0.1, 0.15) is 25.7 Å². The zero-order valence-corrected chi connectivity index (χ0v) is 11.3. The fourth-order valence-corrected chi connectivity index (χ4v) is 3.06. The van der Waals surface area contributed by atoms with E-state index in [1.165, 1.54) is 23.0 Å². The second-order valence-corrected chi connectivity index (χ2v) is 5.58. The van der Waals surface area contributed by atoms with Crippen LogP contribution in [0.3, 0.4) is 0 Å². The van der Waals surface area contributed by atoms with E-state index in [1.54, 1.807) is 6.92 Å². The summed E-state index contributed by atoms with van der Waals surface area (Å²) in [6.45, 7) is 3.56. The number of aromatic nitrogens is 3. The Labute approximate surface area is 114 Å². The molecule has 1 saturated heterocycles. The van der Waals surface area contributed by atoms with Crippen LogP contribution < -0.4 is 5.32 Å². The van der Waals surface area contributed by atoms with Crippen molar-refractivity contribution in [1.82, 2.24) is 25.4 Å². The third-order valence-electron chi connectivity index (χ3n) is 2.93. The number of urea groups is 1. The van der Waals surface area contributed by atoms with Gasteiger partial charge in [0.1, 0.15) is 18.2 Å². The van der Waals surface area contributed by atoms with Crippen molar-refractivity contribution in [3.05, 3.63) is 12.2 Å². The fourth-order valence-electron chi connectivity index (χ4n) is 1.89. The van der Waals surface area contributed by atoms with E-state index in [4.69, 9.17) is 5.11 Å². The van der Waals surface area contributed by atoms with E-state index in [2.05, 4.69) is 20.5 Å².